The number of rotatable bonds is 12. The topological polar surface area (TPSA) is 60.0 Å². The highest BCUT2D eigenvalue weighted by Gasteiger charge is 2.45. The monoisotopic (exact) mass is 473 g/mol. The maximum absolute atomic E-state index is 11.3. The van der Waals surface area contributed by atoms with Crippen molar-refractivity contribution >= 4 is 0 Å². The van der Waals surface area contributed by atoms with Crippen LogP contribution in [0.15, 0.2) is 104 Å². The van der Waals surface area contributed by atoms with Crippen molar-refractivity contribution in [3.8, 4) is 0 Å². The van der Waals surface area contributed by atoms with Crippen molar-refractivity contribution < 1.29 is 19.3 Å². The molecule has 0 aliphatic carbocycles. The van der Waals surface area contributed by atoms with Crippen molar-refractivity contribution in [2.75, 3.05) is 6.61 Å². The summed E-state index contributed by atoms with van der Waals surface area (Å²) in [5.41, 5.74) is 3.24. The number of piperidine rings is 1. The van der Waals surface area contributed by atoms with E-state index in [9.17, 15) is 5.11 Å². The van der Waals surface area contributed by atoms with E-state index in [1.54, 1.807) is 0 Å². The fraction of sp³-hybridized carbons (Fsp3) is 0.333. The second-order valence-electron chi connectivity index (χ2n) is 8.92. The number of nitrogens with one attached hydrogen (secondary N) is 1. The van der Waals surface area contributed by atoms with Gasteiger partial charge in [0.15, 0.2) is 0 Å². The predicted molar refractivity (Wildman–Crippen MR) is 138 cm³/mol. The molecular formula is C30H35NO4. The molecule has 0 radical (unpaired) electrons. The quantitative estimate of drug-likeness (QED) is 0.375. The number of ether oxygens (including phenoxy) is 3. The van der Waals surface area contributed by atoms with Gasteiger partial charge in [0, 0.05) is 6.04 Å². The lowest BCUT2D eigenvalue weighted by Crippen LogP contribution is -2.67. The number of hydrogen-bond acceptors (Lipinski definition) is 5. The first-order valence-corrected chi connectivity index (χ1v) is 12.2. The average Bonchev–Trinajstić information content (AvgIpc) is 2.90. The van der Waals surface area contributed by atoms with Crippen LogP contribution in [0.4, 0.5) is 0 Å². The Hall–Kier alpha value is -2.80. The lowest BCUT2D eigenvalue weighted by Gasteiger charge is -2.45. The van der Waals surface area contributed by atoms with E-state index in [-0.39, 0.29) is 12.1 Å². The predicted octanol–water partition coefficient (Wildman–Crippen LogP) is 4.65. The number of aliphatic hydroxyl groups excluding tert-OH is 1. The van der Waals surface area contributed by atoms with Crippen LogP contribution in [0, 0.1) is 0 Å². The maximum Gasteiger partial charge on any atom is 0.113 e. The van der Waals surface area contributed by atoms with E-state index in [1.807, 2.05) is 97.1 Å². The molecule has 35 heavy (non-hydrogen) atoms. The number of aliphatic hydroxyl groups is 1. The molecule has 1 aliphatic heterocycles. The second-order valence-corrected chi connectivity index (χ2v) is 8.92. The summed E-state index contributed by atoms with van der Waals surface area (Å²) in [4.78, 5) is 0. The summed E-state index contributed by atoms with van der Waals surface area (Å²) in [5, 5.41) is 14.8. The Kier molecular flexibility index (Phi) is 9.64. The molecule has 0 spiro atoms. The van der Waals surface area contributed by atoms with Gasteiger partial charge in [-0.2, -0.15) is 0 Å². The Labute approximate surface area is 208 Å². The molecule has 3 aromatic rings. The van der Waals surface area contributed by atoms with Crippen molar-refractivity contribution in [1.29, 1.82) is 0 Å². The lowest BCUT2D eigenvalue weighted by molar-refractivity contribution is -0.177. The van der Waals surface area contributed by atoms with Crippen LogP contribution in [0.1, 0.15) is 23.1 Å². The standard InChI is InChI=1S/C30H35NO4/c1-2-12-26-28(32)30(35-21-25-17-10-5-11-18-25)29(34-20-24-15-8-4-9-16-24)27(31-26)22-33-19-23-13-6-3-7-14-23/h2-11,13-18,26-32H,1,12,19-22H2/t26-,27-,28+,29+,30-/m1/s1. The summed E-state index contributed by atoms with van der Waals surface area (Å²) < 4.78 is 18.9. The molecule has 4 rings (SSSR count). The van der Waals surface area contributed by atoms with E-state index >= 15 is 0 Å². The van der Waals surface area contributed by atoms with Gasteiger partial charge < -0.3 is 24.6 Å². The summed E-state index contributed by atoms with van der Waals surface area (Å²) in [6.45, 7) is 5.63. The highest BCUT2D eigenvalue weighted by Crippen LogP contribution is 2.26. The van der Waals surface area contributed by atoms with Crippen molar-refractivity contribution in [3.05, 3.63) is 120 Å². The van der Waals surface area contributed by atoms with Crippen LogP contribution in [0.2, 0.25) is 0 Å². The Morgan fingerprint density at radius 1 is 0.686 bits per heavy atom. The molecule has 0 saturated carbocycles. The molecule has 3 aromatic carbocycles. The van der Waals surface area contributed by atoms with Crippen molar-refractivity contribution in [2.45, 2.75) is 56.6 Å². The van der Waals surface area contributed by atoms with E-state index in [1.165, 1.54) is 0 Å². The Bertz CT molecular complexity index is 999. The van der Waals surface area contributed by atoms with Crippen molar-refractivity contribution in [2.24, 2.45) is 0 Å². The molecule has 2 N–H and O–H groups in total. The van der Waals surface area contributed by atoms with Gasteiger partial charge >= 0.3 is 0 Å². The molecular weight excluding hydrogens is 438 g/mol. The zero-order valence-electron chi connectivity index (χ0n) is 20.0. The van der Waals surface area contributed by atoms with Gasteiger partial charge in [-0.1, -0.05) is 97.1 Å². The molecule has 1 saturated heterocycles. The molecule has 5 heteroatoms. The zero-order valence-corrected chi connectivity index (χ0v) is 20.0. The summed E-state index contributed by atoms with van der Waals surface area (Å²) >= 11 is 0. The first-order chi connectivity index (χ1) is 17.2. The van der Waals surface area contributed by atoms with Crippen LogP contribution < -0.4 is 5.32 Å². The van der Waals surface area contributed by atoms with E-state index in [2.05, 4.69) is 11.9 Å². The molecule has 1 fully saturated rings. The Balaban J connectivity index is 1.50. The van der Waals surface area contributed by atoms with Gasteiger partial charge in [0.2, 0.25) is 0 Å². The van der Waals surface area contributed by atoms with Gasteiger partial charge in [-0.15, -0.1) is 6.58 Å². The molecule has 1 heterocycles. The van der Waals surface area contributed by atoms with E-state index in [0.717, 1.165) is 16.7 Å². The lowest BCUT2D eigenvalue weighted by atomic mass is 9.88. The SMILES string of the molecule is C=CC[C@H]1N[C@H](COCc2ccccc2)[C@H](OCc2ccccc2)[C@H](OCc2ccccc2)[C@H]1O. The van der Waals surface area contributed by atoms with Crippen LogP contribution in [0.3, 0.4) is 0 Å². The van der Waals surface area contributed by atoms with Gasteiger partial charge in [-0.25, -0.2) is 0 Å². The van der Waals surface area contributed by atoms with Gasteiger partial charge in [-0.3, -0.25) is 0 Å². The van der Waals surface area contributed by atoms with E-state index in [4.69, 9.17) is 14.2 Å². The minimum absolute atomic E-state index is 0.156. The van der Waals surface area contributed by atoms with Gasteiger partial charge in [-0.05, 0) is 23.1 Å². The van der Waals surface area contributed by atoms with Gasteiger partial charge in [0.1, 0.15) is 12.2 Å². The maximum atomic E-state index is 11.3. The normalized spacial score (nSPS) is 24.2. The Morgan fingerprint density at radius 2 is 1.17 bits per heavy atom. The zero-order chi connectivity index (χ0) is 24.3. The molecule has 1 aliphatic rings. The fourth-order valence-corrected chi connectivity index (χ4v) is 4.47. The number of hydrogen-bond donors (Lipinski definition) is 2. The summed E-state index contributed by atoms with van der Waals surface area (Å²) in [6, 6.07) is 29.8. The minimum Gasteiger partial charge on any atom is -0.389 e. The van der Waals surface area contributed by atoms with Gasteiger partial charge in [0.05, 0.1) is 38.6 Å². The van der Waals surface area contributed by atoms with E-state index < -0.39 is 18.3 Å². The smallest absolute Gasteiger partial charge is 0.113 e. The van der Waals surface area contributed by atoms with Crippen molar-refractivity contribution in [1.82, 2.24) is 5.32 Å². The average molecular weight is 474 g/mol. The van der Waals surface area contributed by atoms with Crippen LogP contribution in [-0.2, 0) is 34.0 Å². The molecule has 0 unspecified atom stereocenters. The summed E-state index contributed by atoms with van der Waals surface area (Å²) in [6.07, 6.45) is 0.777. The summed E-state index contributed by atoms with van der Waals surface area (Å²) in [5.74, 6) is 0. The molecule has 5 nitrogen and oxygen atoms in total. The van der Waals surface area contributed by atoms with Crippen LogP contribution in [0.25, 0.3) is 0 Å². The third kappa shape index (κ3) is 7.34. The molecule has 0 bridgehead atoms. The number of benzene rings is 3. The Morgan fingerprint density at radius 3 is 1.69 bits per heavy atom. The molecule has 0 aromatic heterocycles. The van der Waals surface area contributed by atoms with Crippen LogP contribution in [0.5, 0.6) is 0 Å². The third-order valence-corrected chi connectivity index (χ3v) is 6.30. The highest BCUT2D eigenvalue weighted by molar-refractivity contribution is 5.16. The molecule has 184 valence electrons. The highest BCUT2D eigenvalue weighted by atomic mass is 16.6. The van der Waals surface area contributed by atoms with Crippen LogP contribution >= 0.6 is 0 Å². The fourth-order valence-electron chi connectivity index (χ4n) is 4.47. The van der Waals surface area contributed by atoms with Crippen LogP contribution in [-0.4, -0.2) is 42.1 Å². The van der Waals surface area contributed by atoms with E-state index in [0.29, 0.717) is 32.8 Å². The second kappa shape index (κ2) is 13.3. The first-order valence-electron chi connectivity index (χ1n) is 12.2. The molecule has 5 atom stereocenters. The first kappa shape index (κ1) is 25.3. The molecule has 0 amide bonds. The van der Waals surface area contributed by atoms with Crippen molar-refractivity contribution in [3.63, 3.8) is 0 Å². The van der Waals surface area contributed by atoms with Gasteiger partial charge in [0.25, 0.3) is 0 Å². The summed E-state index contributed by atoms with van der Waals surface area (Å²) in [7, 11) is 0. The third-order valence-electron chi connectivity index (χ3n) is 6.30. The largest absolute Gasteiger partial charge is 0.389 e. The minimum atomic E-state index is -0.747.